The van der Waals surface area contributed by atoms with Crippen LogP contribution in [0.4, 0.5) is 5.69 Å². The highest BCUT2D eigenvalue weighted by Crippen LogP contribution is 2.35. The van der Waals surface area contributed by atoms with Gasteiger partial charge in [-0.15, -0.1) is 0 Å². The molecule has 0 aliphatic heterocycles. The smallest absolute Gasteiger partial charge is 0.0429 e. The van der Waals surface area contributed by atoms with Crippen LogP contribution in [-0.4, -0.2) is 19.1 Å². The molecule has 3 heteroatoms. The lowest BCUT2D eigenvalue weighted by Gasteiger charge is -2.29. The van der Waals surface area contributed by atoms with E-state index in [9.17, 15) is 0 Å². The second-order valence-corrected chi connectivity index (χ2v) is 6.27. The van der Waals surface area contributed by atoms with Gasteiger partial charge in [-0.2, -0.15) is 0 Å². The van der Waals surface area contributed by atoms with Gasteiger partial charge in [0.15, 0.2) is 0 Å². The van der Waals surface area contributed by atoms with Gasteiger partial charge >= 0.3 is 0 Å². The monoisotopic (exact) mass is 280 g/mol. The number of hydrogen-bond acceptors (Lipinski definition) is 2. The molecular weight excluding hydrogens is 256 g/mol. The molecule has 1 aliphatic rings. The fourth-order valence-electron chi connectivity index (χ4n) is 2.44. The minimum atomic E-state index is 0.673. The number of benzene rings is 1. The Bertz CT molecular complexity index is 413. The van der Waals surface area contributed by atoms with E-state index in [0.29, 0.717) is 5.92 Å². The molecule has 1 aromatic rings. The fourth-order valence-corrected chi connectivity index (χ4v) is 2.60. The molecule has 0 saturated heterocycles. The number of halogens is 1. The summed E-state index contributed by atoms with van der Waals surface area (Å²) in [5.41, 5.74) is 2.68. The van der Waals surface area contributed by atoms with Crippen LogP contribution in [-0.2, 0) is 6.54 Å². The minimum absolute atomic E-state index is 0.673. The molecule has 0 aromatic heterocycles. The van der Waals surface area contributed by atoms with Gasteiger partial charge in [0.05, 0.1) is 0 Å². The van der Waals surface area contributed by atoms with Gasteiger partial charge in [-0.05, 0) is 43.0 Å². The summed E-state index contributed by atoms with van der Waals surface area (Å²) >= 11 is 6.21. The molecule has 0 atom stereocenters. The van der Waals surface area contributed by atoms with Crippen LogP contribution in [0, 0.1) is 5.92 Å². The molecule has 1 aliphatic carbocycles. The maximum atomic E-state index is 6.21. The zero-order valence-electron chi connectivity index (χ0n) is 12.2. The second-order valence-electron chi connectivity index (χ2n) is 5.83. The summed E-state index contributed by atoms with van der Waals surface area (Å²) in [5, 5.41) is 4.26. The van der Waals surface area contributed by atoms with Crippen molar-refractivity contribution in [1.29, 1.82) is 0 Å². The lowest BCUT2D eigenvalue weighted by Crippen LogP contribution is -2.31. The van der Waals surface area contributed by atoms with Crippen LogP contribution in [0.5, 0.6) is 0 Å². The number of nitrogens with zero attached hydrogens (tertiary/aromatic N) is 1. The first-order chi connectivity index (χ1) is 9.11. The van der Waals surface area contributed by atoms with Crippen LogP contribution < -0.4 is 10.2 Å². The molecule has 1 saturated carbocycles. The van der Waals surface area contributed by atoms with Gasteiger partial charge < -0.3 is 10.2 Å². The average Bonchev–Trinajstić information content (AvgIpc) is 3.18. The number of anilines is 1. The van der Waals surface area contributed by atoms with Crippen molar-refractivity contribution < 1.29 is 0 Å². The van der Waals surface area contributed by atoms with Crippen molar-refractivity contribution in [1.82, 2.24) is 5.32 Å². The van der Waals surface area contributed by atoms with Crippen molar-refractivity contribution in [2.45, 2.75) is 46.2 Å². The Kier molecular flexibility index (Phi) is 5.12. The first-order valence-electron chi connectivity index (χ1n) is 7.37. The van der Waals surface area contributed by atoms with Crippen molar-refractivity contribution in [3.63, 3.8) is 0 Å². The summed E-state index contributed by atoms with van der Waals surface area (Å²) in [7, 11) is 0. The Morgan fingerprint density at radius 2 is 2.11 bits per heavy atom. The van der Waals surface area contributed by atoms with Crippen LogP contribution in [0.3, 0.4) is 0 Å². The van der Waals surface area contributed by atoms with E-state index in [-0.39, 0.29) is 0 Å². The summed E-state index contributed by atoms with van der Waals surface area (Å²) in [4.78, 5) is 2.56. The zero-order valence-corrected chi connectivity index (χ0v) is 13.0. The Labute approximate surface area is 122 Å². The van der Waals surface area contributed by atoms with Crippen LogP contribution in [0.25, 0.3) is 0 Å². The molecule has 0 radical (unpaired) electrons. The minimum Gasteiger partial charge on any atom is -0.368 e. The number of nitrogens with one attached hydrogen (secondary N) is 1. The third kappa shape index (κ3) is 4.12. The molecule has 106 valence electrons. The van der Waals surface area contributed by atoms with Crippen molar-refractivity contribution in [2.75, 3.05) is 18.0 Å². The quantitative estimate of drug-likeness (QED) is 0.810. The van der Waals surface area contributed by atoms with E-state index in [1.54, 1.807) is 0 Å². The maximum absolute atomic E-state index is 6.21. The van der Waals surface area contributed by atoms with E-state index >= 15 is 0 Å². The SMILES string of the molecule is CCNCc1ccc(Cl)cc1N(CC(C)C)C1CC1. The first kappa shape index (κ1) is 14.7. The molecule has 2 rings (SSSR count). The van der Waals surface area contributed by atoms with E-state index in [0.717, 1.165) is 30.7 Å². The van der Waals surface area contributed by atoms with Gasteiger partial charge in [0, 0.05) is 29.8 Å². The predicted molar refractivity (Wildman–Crippen MR) is 84.0 cm³/mol. The van der Waals surface area contributed by atoms with Crippen molar-refractivity contribution >= 4 is 17.3 Å². The van der Waals surface area contributed by atoms with Gasteiger partial charge in [0.1, 0.15) is 0 Å². The molecule has 0 amide bonds. The van der Waals surface area contributed by atoms with Gasteiger partial charge in [-0.1, -0.05) is 38.4 Å². The molecule has 0 heterocycles. The highest BCUT2D eigenvalue weighted by molar-refractivity contribution is 6.30. The molecular formula is C16H25ClN2. The Morgan fingerprint density at radius 1 is 1.37 bits per heavy atom. The highest BCUT2D eigenvalue weighted by Gasteiger charge is 2.30. The van der Waals surface area contributed by atoms with Crippen molar-refractivity contribution in [2.24, 2.45) is 5.92 Å². The summed E-state index contributed by atoms with van der Waals surface area (Å²) in [6.45, 7) is 9.74. The van der Waals surface area contributed by atoms with Gasteiger partial charge in [-0.25, -0.2) is 0 Å². The normalized spacial score (nSPS) is 15.0. The van der Waals surface area contributed by atoms with Crippen molar-refractivity contribution in [3.8, 4) is 0 Å². The molecule has 1 fully saturated rings. The standard InChI is InChI=1S/C16H25ClN2/c1-4-18-10-13-5-6-14(17)9-16(13)19(11-12(2)3)15-7-8-15/h5-6,9,12,15,18H,4,7-8,10-11H2,1-3H3. The maximum Gasteiger partial charge on any atom is 0.0429 e. The predicted octanol–water partition coefficient (Wildman–Crippen LogP) is 4.07. The topological polar surface area (TPSA) is 15.3 Å². The number of rotatable bonds is 7. The Balaban J connectivity index is 2.25. The van der Waals surface area contributed by atoms with Crippen LogP contribution in [0.2, 0.25) is 5.02 Å². The summed E-state index contributed by atoms with van der Waals surface area (Å²) in [6.07, 6.45) is 2.64. The summed E-state index contributed by atoms with van der Waals surface area (Å²) < 4.78 is 0. The van der Waals surface area contributed by atoms with E-state index in [4.69, 9.17) is 11.6 Å². The Morgan fingerprint density at radius 3 is 2.68 bits per heavy atom. The van der Waals surface area contributed by atoms with Crippen LogP contribution >= 0.6 is 11.6 Å². The fraction of sp³-hybridized carbons (Fsp3) is 0.625. The first-order valence-corrected chi connectivity index (χ1v) is 7.75. The number of hydrogen-bond donors (Lipinski definition) is 1. The molecule has 2 nitrogen and oxygen atoms in total. The van der Waals surface area contributed by atoms with E-state index < -0.39 is 0 Å². The molecule has 0 unspecified atom stereocenters. The van der Waals surface area contributed by atoms with Crippen LogP contribution in [0.1, 0.15) is 39.2 Å². The van der Waals surface area contributed by atoms with E-state index in [2.05, 4.69) is 43.1 Å². The third-order valence-corrected chi connectivity index (χ3v) is 3.71. The van der Waals surface area contributed by atoms with Crippen molar-refractivity contribution in [3.05, 3.63) is 28.8 Å². The molecule has 1 aromatic carbocycles. The lowest BCUT2D eigenvalue weighted by atomic mass is 10.1. The summed E-state index contributed by atoms with van der Waals surface area (Å²) in [5.74, 6) is 0.673. The van der Waals surface area contributed by atoms with Crippen LogP contribution in [0.15, 0.2) is 18.2 Å². The third-order valence-electron chi connectivity index (χ3n) is 3.47. The molecule has 0 bridgehead atoms. The van der Waals surface area contributed by atoms with E-state index in [1.165, 1.54) is 24.1 Å². The van der Waals surface area contributed by atoms with Gasteiger partial charge in [0.2, 0.25) is 0 Å². The molecule has 0 spiro atoms. The van der Waals surface area contributed by atoms with E-state index in [1.807, 2.05) is 6.07 Å². The second kappa shape index (κ2) is 6.62. The van der Waals surface area contributed by atoms with Gasteiger partial charge in [-0.3, -0.25) is 0 Å². The zero-order chi connectivity index (χ0) is 13.8. The molecule has 1 N–H and O–H groups in total. The highest BCUT2D eigenvalue weighted by atomic mass is 35.5. The largest absolute Gasteiger partial charge is 0.368 e. The summed E-state index contributed by atoms with van der Waals surface area (Å²) in [6, 6.07) is 7.02. The van der Waals surface area contributed by atoms with Gasteiger partial charge in [0.25, 0.3) is 0 Å². The lowest BCUT2D eigenvalue weighted by molar-refractivity contribution is 0.603. The molecule has 19 heavy (non-hydrogen) atoms. The average molecular weight is 281 g/mol. The Hall–Kier alpha value is -0.730.